The van der Waals surface area contributed by atoms with E-state index >= 15 is 0 Å². The van der Waals surface area contributed by atoms with E-state index < -0.39 is 0 Å². The number of benzene rings is 1. The number of aryl methyl sites for hydroxylation is 1. The lowest BCUT2D eigenvalue weighted by Gasteiger charge is -2.13. The standard InChI is InChI=1S/C15H21ClN2O/c1-4-11(2)15-17-13-7-6-12(16)10-14(13)18(15)8-5-9-19-3/h6-7,10-11H,4-5,8-9H2,1-3H3. The van der Waals surface area contributed by atoms with Crippen molar-refractivity contribution in [2.75, 3.05) is 13.7 Å². The summed E-state index contributed by atoms with van der Waals surface area (Å²) in [5.41, 5.74) is 2.15. The van der Waals surface area contributed by atoms with E-state index in [1.54, 1.807) is 7.11 Å². The number of nitrogens with zero attached hydrogens (tertiary/aromatic N) is 2. The number of aromatic nitrogens is 2. The maximum atomic E-state index is 6.11. The van der Waals surface area contributed by atoms with Gasteiger partial charge in [-0.2, -0.15) is 0 Å². The van der Waals surface area contributed by atoms with Crippen molar-refractivity contribution in [2.24, 2.45) is 0 Å². The summed E-state index contributed by atoms with van der Waals surface area (Å²) in [5, 5.41) is 0.760. The Balaban J connectivity index is 2.43. The second kappa shape index (κ2) is 6.40. The van der Waals surface area contributed by atoms with Crippen molar-refractivity contribution in [1.82, 2.24) is 9.55 Å². The van der Waals surface area contributed by atoms with Gasteiger partial charge in [-0.25, -0.2) is 4.98 Å². The number of rotatable bonds is 6. The summed E-state index contributed by atoms with van der Waals surface area (Å²) in [4.78, 5) is 4.77. The molecule has 1 atom stereocenters. The van der Waals surface area contributed by atoms with Crippen LogP contribution < -0.4 is 0 Å². The van der Waals surface area contributed by atoms with Gasteiger partial charge in [-0.15, -0.1) is 0 Å². The number of ether oxygens (including phenoxy) is 1. The van der Waals surface area contributed by atoms with Gasteiger partial charge in [0.25, 0.3) is 0 Å². The number of methoxy groups -OCH3 is 1. The van der Waals surface area contributed by atoms with E-state index in [9.17, 15) is 0 Å². The third-order valence-electron chi connectivity index (χ3n) is 3.52. The molecule has 2 rings (SSSR count). The van der Waals surface area contributed by atoms with E-state index in [2.05, 4.69) is 18.4 Å². The van der Waals surface area contributed by atoms with Gasteiger partial charge in [-0.1, -0.05) is 25.4 Å². The SMILES string of the molecule is CCC(C)c1nc2ccc(Cl)cc2n1CCCOC. The van der Waals surface area contributed by atoms with Crippen LogP contribution >= 0.6 is 11.6 Å². The van der Waals surface area contributed by atoms with Crippen LogP contribution in [0.1, 0.15) is 38.4 Å². The fourth-order valence-electron chi connectivity index (χ4n) is 2.28. The van der Waals surface area contributed by atoms with Crippen LogP contribution in [0, 0.1) is 0 Å². The molecule has 1 unspecified atom stereocenters. The third kappa shape index (κ3) is 3.10. The molecule has 0 aliphatic carbocycles. The smallest absolute Gasteiger partial charge is 0.112 e. The molecule has 0 aliphatic rings. The minimum atomic E-state index is 0.453. The van der Waals surface area contributed by atoms with Gasteiger partial charge in [-0.05, 0) is 31.0 Å². The molecule has 0 saturated heterocycles. The van der Waals surface area contributed by atoms with Gasteiger partial charge >= 0.3 is 0 Å². The molecule has 0 spiro atoms. The first-order valence-electron chi connectivity index (χ1n) is 6.82. The summed E-state index contributed by atoms with van der Waals surface area (Å²) < 4.78 is 7.43. The molecular weight excluding hydrogens is 260 g/mol. The second-order valence-electron chi connectivity index (χ2n) is 4.91. The first kappa shape index (κ1) is 14.4. The van der Waals surface area contributed by atoms with Crippen LogP contribution in [0.3, 0.4) is 0 Å². The molecule has 1 heterocycles. The van der Waals surface area contributed by atoms with Gasteiger partial charge in [0.05, 0.1) is 11.0 Å². The minimum Gasteiger partial charge on any atom is -0.385 e. The zero-order valence-corrected chi connectivity index (χ0v) is 12.6. The van der Waals surface area contributed by atoms with E-state index in [4.69, 9.17) is 21.3 Å². The second-order valence-corrected chi connectivity index (χ2v) is 5.35. The Kier molecular flexibility index (Phi) is 4.83. The lowest BCUT2D eigenvalue weighted by atomic mass is 10.1. The molecule has 1 aromatic carbocycles. The van der Waals surface area contributed by atoms with Gasteiger partial charge < -0.3 is 9.30 Å². The van der Waals surface area contributed by atoms with E-state index in [0.717, 1.165) is 47.9 Å². The van der Waals surface area contributed by atoms with Crippen molar-refractivity contribution in [2.45, 2.75) is 39.2 Å². The summed E-state index contributed by atoms with van der Waals surface area (Å²) in [6.45, 7) is 6.09. The molecule has 19 heavy (non-hydrogen) atoms. The molecule has 3 nitrogen and oxygen atoms in total. The zero-order valence-electron chi connectivity index (χ0n) is 11.8. The highest BCUT2D eigenvalue weighted by atomic mass is 35.5. The number of fused-ring (bicyclic) bond motifs is 1. The summed E-state index contributed by atoms with van der Waals surface area (Å²) in [5.74, 6) is 1.60. The quantitative estimate of drug-likeness (QED) is 0.740. The monoisotopic (exact) mass is 280 g/mol. The van der Waals surface area contributed by atoms with Crippen molar-refractivity contribution in [3.8, 4) is 0 Å². The molecule has 104 valence electrons. The average molecular weight is 281 g/mol. The fraction of sp³-hybridized carbons (Fsp3) is 0.533. The van der Waals surface area contributed by atoms with Crippen molar-refractivity contribution in [3.05, 3.63) is 29.0 Å². The summed E-state index contributed by atoms with van der Waals surface area (Å²) in [6, 6.07) is 5.90. The van der Waals surface area contributed by atoms with Crippen LogP contribution in [-0.4, -0.2) is 23.3 Å². The van der Waals surface area contributed by atoms with Crippen LogP contribution in [0.5, 0.6) is 0 Å². The molecule has 0 amide bonds. The Bertz CT molecular complexity index is 550. The Morgan fingerprint density at radius 1 is 1.42 bits per heavy atom. The van der Waals surface area contributed by atoms with Crippen LogP contribution in [0.15, 0.2) is 18.2 Å². The highest BCUT2D eigenvalue weighted by Gasteiger charge is 2.15. The van der Waals surface area contributed by atoms with Crippen LogP contribution in [0.4, 0.5) is 0 Å². The summed E-state index contributed by atoms with van der Waals surface area (Å²) >= 11 is 6.11. The lowest BCUT2D eigenvalue weighted by molar-refractivity contribution is 0.190. The topological polar surface area (TPSA) is 27.1 Å². The summed E-state index contributed by atoms with van der Waals surface area (Å²) in [7, 11) is 1.73. The Morgan fingerprint density at radius 3 is 2.89 bits per heavy atom. The maximum absolute atomic E-state index is 6.11. The van der Waals surface area contributed by atoms with Crippen LogP contribution in [-0.2, 0) is 11.3 Å². The number of hydrogen-bond acceptors (Lipinski definition) is 2. The van der Waals surface area contributed by atoms with Gasteiger partial charge in [0, 0.05) is 31.2 Å². The molecule has 0 saturated carbocycles. The van der Waals surface area contributed by atoms with Crippen molar-refractivity contribution < 1.29 is 4.74 Å². The van der Waals surface area contributed by atoms with Crippen LogP contribution in [0.2, 0.25) is 5.02 Å². The van der Waals surface area contributed by atoms with Gasteiger partial charge in [0.1, 0.15) is 5.82 Å². The number of imidazole rings is 1. The largest absolute Gasteiger partial charge is 0.385 e. The number of hydrogen-bond donors (Lipinski definition) is 0. The minimum absolute atomic E-state index is 0.453. The first-order valence-corrected chi connectivity index (χ1v) is 7.19. The van der Waals surface area contributed by atoms with Crippen molar-refractivity contribution in [1.29, 1.82) is 0 Å². The molecule has 0 N–H and O–H groups in total. The first-order chi connectivity index (χ1) is 9.17. The normalized spacial score (nSPS) is 13.1. The van der Waals surface area contributed by atoms with Gasteiger partial charge in [0.15, 0.2) is 0 Å². The third-order valence-corrected chi connectivity index (χ3v) is 3.76. The van der Waals surface area contributed by atoms with Crippen LogP contribution in [0.25, 0.3) is 11.0 Å². The van der Waals surface area contributed by atoms with E-state index in [-0.39, 0.29) is 0 Å². The molecule has 2 aromatic rings. The predicted octanol–water partition coefficient (Wildman–Crippen LogP) is 4.24. The van der Waals surface area contributed by atoms with Gasteiger partial charge in [0.2, 0.25) is 0 Å². The van der Waals surface area contributed by atoms with Crippen molar-refractivity contribution in [3.63, 3.8) is 0 Å². The molecule has 4 heteroatoms. The van der Waals surface area contributed by atoms with Gasteiger partial charge in [-0.3, -0.25) is 0 Å². The highest BCUT2D eigenvalue weighted by molar-refractivity contribution is 6.31. The molecule has 0 radical (unpaired) electrons. The highest BCUT2D eigenvalue weighted by Crippen LogP contribution is 2.26. The molecule has 0 bridgehead atoms. The summed E-state index contributed by atoms with van der Waals surface area (Å²) in [6.07, 6.45) is 2.07. The Hall–Kier alpha value is -1.06. The van der Waals surface area contributed by atoms with E-state index in [1.807, 2.05) is 18.2 Å². The average Bonchev–Trinajstić information content (AvgIpc) is 2.76. The molecular formula is C15H21ClN2O. The van der Waals surface area contributed by atoms with E-state index in [0.29, 0.717) is 5.92 Å². The number of halogens is 1. The molecule has 0 fully saturated rings. The predicted molar refractivity (Wildman–Crippen MR) is 79.9 cm³/mol. The van der Waals surface area contributed by atoms with E-state index in [1.165, 1.54) is 0 Å². The Labute approximate surface area is 119 Å². The molecule has 0 aliphatic heterocycles. The Morgan fingerprint density at radius 2 is 2.21 bits per heavy atom. The fourth-order valence-corrected chi connectivity index (χ4v) is 2.44. The maximum Gasteiger partial charge on any atom is 0.112 e. The van der Waals surface area contributed by atoms with Crippen molar-refractivity contribution >= 4 is 22.6 Å². The lowest BCUT2D eigenvalue weighted by Crippen LogP contribution is -2.08. The molecule has 1 aromatic heterocycles. The zero-order chi connectivity index (χ0) is 13.8.